The lowest BCUT2D eigenvalue weighted by molar-refractivity contribution is -0.122. The first kappa shape index (κ1) is 22.8. The predicted molar refractivity (Wildman–Crippen MR) is 147 cm³/mol. The number of imide groups is 2. The van der Waals surface area contributed by atoms with E-state index >= 15 is 0 Å². The van der Waals surface area contributed by atoms with E-state index in [1.165, 1.54) is 5.39 Å². The molecule has 1 N–H and O–H groups in total. The molecule has 5 aromatic rings. The Morgan fingerprint density at radius 2 is 1.62 bits per heavy atom. The number of aromatic nitrogens is 1. The van der Waals surface area contributed by atoms with Crippen molar-refractivity contribution in [2.24, 2.45) is 0 Å². The Labute approximate surface area is 222 Å². The highest BCUT2D eigenvalue weighted by Crippen LogP contribution is 2.36. The van der Waals surface area contributed by atoms with E-state index in [1.807, 2.05) is 42.6 Å². The lowest BCUT2D eigenvalue weighted by Gasteiger charge is -2.26. The van der Waals surface area contributed by atoms with Crippen LogP contribution in [0.25, 0.3) is 27.8 Å². The number of barbiturate groups is 1. The van der Waals surface area contributed by atoms with Crippen LogP contribution in [-0.4, -0.2) is 29.2 Å². The highest BCUT2D eigenvalue weighted by molar-refractivity contribution is 6.39. The summed E-state index contributed by atoms with van der Waals surface area (Å²) in [6.45, 7) is 0.669. The van der Waals surface area contributed by atoms with Crippen LogP contribution in [0.1, 0.15) is 11.1 Å². The van der Waals surface area contributed by atoms with Gasteiger partial charge in [0, 0.05) is 35.3 Å². The molecule has 1 fully saturated rings. The third-order valence-electron chi connectivity index (χ3n) is 7.00. The van der Waals surface area contributed by atoms with Crippen molar-refractivity contribution in [2.75, 3.05) is 11.7 Å². The number of rotatable bonds is 4. The molecule has 1 aromatic heterocycles. The summed E-state index contributed by atoms with van der Waals surface area (Å²) in [5.41, 5.74) is 2.93. The summed E-state index contributed by atoms with van der Waals surface area (Å²) in [6.07, 6.45) is 3.47. The van der Waals surface area contributed by atoms with E-state index in [1.54, 1.807) is 24.3 Å². The number of anilines is 1. The smallest absolute Gasteiger partial charge is 0.335 e. The van der Waals surface area contributed by atoms with Crippen LogP contribution in [-0.2, 0) is 16.1 Å². The normalized spacial score (nSPS) is 15.9. The number of ether oxygens (including phenoxy) is 2. The molecule has 0 unspecified atom stereocenters. The fourth-order valence-electron chi connectivity index (χ4n) is 5.13. The minimum Gasteiger partial charge on any atom is -0.454 e. The monoisotopic (exact) mass is 515 g/mol. The van der Waals surface area contributed by atoms with Gasteiger partial charge in [-0.25, -0.2) is 9.69 Å². The average molecular weight is 516 g/mol. The Kier molecular flexibility index (Phi) is 5.19. The number of nitrogens with one attached hydrogen (secondary N) is 1. The van der Waals surface area contributed by atoms with E-state index in [9.17, 15) is 14.4 Å². The first-order chi connectivity index (χ1) is 19.0. The van der Waals surface area contributed by atoms with E-state index < -0.39 is 17.8 Å². The van der Waals surface area contributed by atoms with Gasteiger partial charge in [-0.3, -0.25) is 14.9 Å². The number of carbonyl (C=O) groups excluding carboxylic acids is 3. The minimum absolute atomic E-state index is 0.0613. The average Bonchev–Trinajstić information content (AvgIpc) is 3.55. The summed E-state index contributed by atoms with van der Waals surface area (Å²) in [7, 11) is 0. The second kappa shape index (κ2) is 8.88. The number of urea groups is 1. The Morgan fingerprint density at radius 1 is 0.821 bits per heavy atom. The maximum Gasteiger partial charge on any atom is 0.335 e. The van der Waals surface area contributed by atoms with Crippen LogP contribution in [0, 0.1) is 0 Å². The van der Waals surface area contributed by atoms with E-state index in [0.717, 1.165) is 26.8 Å². The molecular weight excluding hydrogens is 494 g/mol. The molecule has 7 rings (SSSR count). The Bertz CT molecular complexity index is 1870. The lowest BCUT2D eigenvalue weighted by Crippen LogP contribution is -2.54. The zero-order chi connectivity index (χ0) is 26.5. The van der Waals surface area contributed by atoms with E-state index in [0.29, 0.717) is 23.6 Å². The summed E-state index contributed by atoms with van der Waals surface area (Å²) in [6, 6.07) is 26.3. The number of amides is 4. The number of fused-ring (bicyclic) bond motifs is 3. The van der Waals surface area contributed by atoms with Crippen LogP contribution in [0.15, 0.2) is 96.7 Å². The molecule has 0 aliphatic carbocycles. The van der Waals surface area contributed by atoms with Crippen LogP contribution in [0.2, 0.25) is 0 Å². The fraction of sp³-hybridized carbons (Fsp3) is 0.0645. The van der Waals surface area contributed by atoms with E-state index in [4.69, 9.17) is 9.47 Å². The molecule has 2 aliphatic rings. The van der Waals surface area contributed by atoms with Crippen LogP contribution >= 0.6 is 0 Å². The summed E-state index contributed by atoms with van der Waals surface area (Å²) in [5, 5.41) is 5.51. The first-order valence-electron chi connectivity index (χ1n) is 12.4. The topological polar surface area (TPSA) is 89.9 Å². The SMILES string of the molecule is O=C1NC(=O)N(c2ccc3c(c2)OCO3)C(=O)/C1=C/c1cn(Cc2ccc3ccccc3c2)c2ccccc12. The molecule has 0 bridgehead atoms. The molecule has 1 saturated heterocycles. The Hall–Kier alpha value is -5.37. The third kappa shape index (κ3) is 3.90. The highest BCUT2D eigenvalue weighted by atomic mass is 16.7. The fourth-order valence-corrected chi connectivity index (χ4v) is 5.13. The molecule has 190 valence electrons. The maximum absolute atomic E-state index is 13.5. The number of nitrogens with zero attached hydrogens (tertiary/aromatic N) is 2. The highest BCUT2D eigenvalue weighted by Gasteiger charge is 2.37. The molecule has 8 nitrogen and oxygen atoms in total. The van der Waals surface area contributed by atoms with E-state index in [2.05, 4.69) is 40.2 Å². The molecule has 4 amide bonds. The molecular formula is C31H21N3O5. The molecule has 0 spiro atoms. The molecule has 2 aliphatic heterocycles. The summed E-state index contributed by atoms with van der Waals surface area (Å²) in [4.78, 5) is 40.0. The summed E-state index contributed by atoms with van der Waals surface area (Å²) in [5.74, 6) is -0.510. The van der Waals surface area contributed by atoms with Crippen LogP contribution < -0.4 is 19.7 Å². The summed E-state index contributed by atoms with van der Waals surface area (Å²) < 4.78 is 12.8. The standard InChI is InChI=1S/C31H21N3O5/c35-29-25(30(36)34(31(37)32-29)23-11-12-27-28(15-23)39-18-38-27)14-22-17-33(26-8-4-3-7-24(22)26)16-19-9-10-20-5-1-2-6-21(20)13-19/h1-15,17H,16,18H2,(H,32,35,37)/b25-14+. The molecule has 8 heteroatoms. The summed E-state index contributed by atoms with van der Waals surface area (Å²) >= 11 is 0. The molecule has 39 heavy (non-hydrogen) atoms. The molecule has 0 atom stereocenters. The number of carbonyl (C=O) groups is 3. The largest absolute Gasteiger partial charge is 0.454 e. The van der Waals surface area contributed by atoms with Crippen LogP contribution in [0.4, 0.5) is 10.5 Å². The van der Waals surface area contributed by atoms with Crippen molar-refractivity contribution in [1.82, 2.24) is 9.88 Å². The zero-order valence-corrected chi connectivity index (χ0v) is 20.6. The third-order valence-corrected chi connectivity index (χ3v) is 7.00. The number of benzene rings is 4. The lowest BCUT2D eigenvalue weighted by atomic mass is 10.1. The number of hydrogen-bond donors (Lipinski definition) is 1. The second-order valence-electron chi connectivity index (χ2n) is 9.41. The van der Waals surface area contributed by atoms with Gasteiger partial charge in [-0.1, -0.05) is 54.6 Å². The van der Waals surface area contributed by atoms with Crippen molar-refractivity contribution in [2.45, 2.75) is 6.54 Å². The second-order valence-corrected chi connectivity index (χ2v) is 9.41. The quantitative estimate of drug-likeness (QED) is 0.261. The van der Waals surface area contributed by atoms with Crippen molar-refractivity contribution in [1.29, 1.82) is 0 Å². The van der Waals surface area contributed by atoms with Gasteiger partial charge in [-0.2, -0.15) is 0 Å². The van der Waals surface area contributed by atoms with Gasteiger partial charge in [-0.05, 0) is 46.7 Å². The molecule has 4 aromatic carbocycles. The van der Waals surface area contributed by atoms with Gasteiger partial charge in [0.25, 0.3) is 11.8 Å². The Balaban J connectivity index is 1.27. The van der Waals surface area contributed by atoms with Gasteiger partial charge >= 0.3 is 6.03 Å². The predicted octanol–water partition coefficient (Wildman–Crippen LogP) is 5.24. The first-order valence-corrected chi connectivity index (χ1v) is 12.4. The van der Waals surface area contributed by atoms with Gasteiger partial charge in [0.2, 0.25) is 6.79 Å². The maximum atomic E-state index is 13.5. The zero-order valence-electron chi connectivity index (χ0n) is 20.6. The van der Waals surface area contributed by atoms with Crippen molar-refractivity contribution >= 4 is 51.3 Å². The molecule has 0 radical (unpaired) electrons. The van der Waals surface area contributed by atoms with Crippen LogP contribution in [0.5, 0.6) is 11.5 Å². The van der Waals surface area contributed by atoms with Crippen molar-refractivity contribution in [3.8, 4) is 11.5 Å². The van der Waals surface area contributed by atoms with Crippen molar-refractivity contribution in [3.05, 3.63) is 108 Å². The number of para-hydroxylation sites is 1. The number of hydrogen-bond acceptors (Lipinski definition) is 5. The van der Waals surface area contributed by atoms with Crippen LogP contribution in [0.3, 0.4) is 0 Å². The van der Waals surface area contributed by atoms with Crippen molar-refractivity contribution < 1.29 is 23.9 Å². The van der Waals surface area contributed by atoms with E-state index in [-0.39, 0.29) is 18.1 Å². The van der Waals surface area contributed by atoms with Gasteiger partial charge < -0.3 is 14.0 Å². The van der Waals surface area contributed by atoms with Gasteiger partial charge in [0.05, 0.1) is 5.69 Å². The Morgan fingerprint density at radius 3 is 2.51 bits per heavy atom. The van der Waals surface area contributed by atoms with Crippen molar-refractivity contribution in [3.63, 3.8) is 0 Å². The van der Waals surface area contributed by atoms with Gasteiger partial charge in [0.1, 0.15) is 5.57 Å². The molecule has 3 heterocycles. The van der Waals surface area contributed by atoms with Gasteiger partial charge in [-0.15, -0.1) is 0 Å². The molecule has 0 saturated carbocycles. The van der Waals surface area contributed by atoms with Gasteiger partial charge in [0.15, 0.2) is 11.5 Å². The minimum atomic E-state index is -0.820.